The van der Waals surface area contributed by atoms with Crippen LogP contribution in [0.5, 0.6) is 0 Å². The van der Waals surface area contributed by atoms with Crippen LogP contribution in [0.2, 0.25) is 0 Å². The van der Waals surface area contributed by atoms with Crippen LogP contribution in [-0.2, 0) is 14.8 Å². The van der Waals surface area contributed by atoms with E-state index in [4.69, 9.17) is 0 Å². The molecule has 138 valence electrons. The topological polar surface area (TPSA) is 69.7 Å². The molecule has 6 nitrogen and oxygen atoms in total. The Morgan fingerprint density at radius 3 is 2.04 bits per heavy atom. The lowest BCUT2D eigenvalue weighted by atomic mass is 10.1. The van der Waals surface area contributed by atoms with Crippen molar-refractivity contribution in [3.8, 4) is 0 Å². The van der Waals surface area contributed by atoms with Crippen molar-refractivity contribution in [2.75, 3.05) is 38.0 Å². The smallest absolute Gasteiger partial charge is 0.243 e. The van der Waals surface area contributed by atoms with Gasteiger partial charge in [-0.2, -0.15) is 4.31 Å². The number of anilines is 1. The normalized spacial score (nSPS) is 20.3. The van der Waals surface area contributed by atoms with E-state index < -0.39 is 10.0 Å². The summed E-state index contributed by atoms with van der Waals surface area (Å²) < 4.78 is 26.8. The van der Waals surface area contributed by atoms with Crippen molar-refractivity contribution in [2.24, 2.45) is 0 Å². The van der Waals surface area contributed by atoms with Gasteiger partial charge in [-0.05, 0) is 63.0 Å². The number of piperidine rings is 2. The third-order valence-corrected chi connectivity index (χ3v) is 6.82. The molecule has 0 aromatic heterocycles. The van der Waals surface area contributed by atoms with Crippen molar-refractivity contribution in [1.82, 2.24) is 9.21 Å². The van der Waals surface area contributed by atoms with Crippen LogP contribution in [0.15, 0.2) is 29.2 Å². The predicted molar refractivity (Wildman–Crippen MR) is 98.0 cm³/mol. The number of sulfonamides is 1. The highest BCUT2D eigenvalue weighted by Crippen LogP contribution is 2.22. The number of nitrogens with zero attached hydrogens (tertiary/aromatic N) is 2. The summed E-state index contributed by atoms with van der Waals surface area (Å²) in [5, 5.41) is 2.86. The maximum Gasteiger partial charge on any atom is 0.243 e. The predicted octanol–water partition coefficient (Wildman–Crippen LogP) is 2.29. The minimum absolute atomic E-state index is 0.0477. The van der Waals surface area contributed by atoms with Crippen molar-refractivity contribution >= 4 is 21.6 Å². The maximum atomic E-state index is 12.6. The molecule has 0 atom stereocenters. The quantitative estimate of drug-likeness (QED) is 0.869. The standard InChI is InChI=1S/C18H27N3O3S/c22-18(15-20-11-3-1-4-12-20)19-16-7-9-17(10-8-16)25(23,24)21-13-5-2-6-14-21/h7-10H,1-6,11-15H2,(H,19,22). The summed E-state index contributed by atoms with van der Waals surface area (Å²) in [6.45, 7) is 3.53. The van der Waals surface area contributed by atoms with Crippen LogP contribution in [0.4, 0.5) is 5.69 Å². The Balaban J connectivity index is 1.58. The Morgan fingerprint density at radius 2 is 1.44 bits per heavy atom. The van der Waals surface area contributed by atoms with Crippen LogP contribution >= 0.6 is 0 Å². The second-order valence-electron chi connectivity index (χ2n) is 6.87. The van der Waals surface area contributed by atoms with E-state index >= 15 is 0 Å². The molecule has 0 spiro atoms. The Morgan fingerprint density at radius 1 is 0.880 bits per heavy atom. The largest absolute Gasteiger partial charge is 0.325 e. The number of rotatable bonds is 5. The SMILES string of the molecule is O=C(CN1CCCCC1)Nc1ccc(S(=O)(=O)N2CCCCC2)cc1. The minimum Gasteiger partial charge on any atom is -0.325 e. The molecule has 0 saturated carbocycles. The number of likely N-dealkylation sites (tertiary alicyclic amines) is 1. The first kappa shape index (κ1) is 18.4. The fourth-order valence-corrected chi connectivity index (χ4v) is 5.00. The number of nitrogens with one attached hydrogen (secondary N) is 1. The van der Waals surface area contributed by atoms with Gasteiger partial charge in [0.1, 0.15) is 0 Å². The van der Waals surface area contributed by atoms with Crippen LogP contribution in [0, 0.1) is 0 Å². The van der Waals surface area contributed by atoms with Crippen LogP contribution in [-0.4, -0.2) is 56.3 Å². The molecular weight excluding hydrogens is 338 g/mol. The number of hydrogen-bond acceptors (Lipinski definition) is 4. The summed E-state index contributed by atoms with van der Waals surface area (Å²) in [6.07, 6.45) is 6.47. The molecule has 2 aliphatic rings. The van der Waals surface area contributed by atoms with Gasteiger partial charge < -0.3 is 5.32 Å². The van der Waals surface area contributed by atoms with Crippen LogP contribution < -0.4 is 5.32 Å². The van der Waals surface area contributed by atoms with E-state index in [-0.39, 0.29) is 5.91 Å². The molecule has 3 rings (SSSR count). The lowest BCUT2D eigenvalue weighted by molar-refractivity contribution is -0.117. The van der Waals surface area contributed by atoms with Crippen LogP contribution in [0.3, 0.4) is 0 Å². The third kappa shape index (κ3) is 4.80. The Labute approximate surface area is 150 Å². The summed E-state index contributed by atoms with van der Waals surface area (Å²) in [6, 6.07) is 6.51. The first-order valence-electron chi connectivity index (χ1n) is 9.18. The van der Waals surface area contributed by atoms with Gasteiger partial charge in [0.05, 0.1) is 11.4 Å². The first-order chi connectivity index (χ1) is 12.1. The molecule has 1 aromatic carbocycles. The second kappa shape index (κ2) is 8.29. The Hall–Kier alpha value is -1.44. The average molecular weight is 365 g/mol. The van der Waals surface area contributed by atoms with E-state index in [1.165, 1.54) is 6.42 Å². The molecule has 1 N–H and O–H groups in total. The van der Waals surface area contributed by atoms with Gasteiger partial charge in [-0.25, -0.2) is 8.42 Å². The summed E-state index contributed by atoms with van der Waals surface area (Å²) in [5.74, 6) is -0.0477. The molecule has 2 saturated heterocycles. The second-order valence-corrected chi connectivity index (χ2v) is 8.81. The highest BCUT2D eigenvalue weighted by molar-refractivity contribution is 7.89. The van der Waals surface area contributed by atoms with Crippen molar-refractivity contribution in [3.05, 3.63) is 24.3 Å². The van der Waals surface area contributed by atoms with Gasteiger partial charge in [-0.1, -0.05) is 12.8 Å². The first-order valence-corrected chi connectivity index (χ1v) is 10.6. The van der Waals surface area contributed by atoms with Gasteiger partial charge in [-0.15, -0.1) is 0 Å². The van der Waals surface area contributed by atoms with Gasteiger partial charge >= 0.3 is 0 Å². The van der Waals surface area contributed by atoms with Crippen molar-refractivity contribution in [3.63, 3.8) is 0 Å². The molecule has 7 heteroatoms. The molecule has 0 radical (unpaired) electrons. The van der Waals surface area contributed by atoms with Crippen molar-refractivity contribution < 1.29 is 13.2 Å². The molecule has 2 aliphatic heterocycles. The average Bonchev–Trinajstić information content (AvgIpc) is 2.63. The molecule has 25 heavy (non-hydrogen) atoms. The van der Waals surface area contributed by atoms with Crippen molar-refractivity contribution in [2.45, 2.75) is 43.4 Å². The minimum atomic E-state index is -3.42. The maximum absolute atomic E-state index is 12.6. The number of benzene rings is 1. The highest BCUT2D eigenvalue weighted by Gasteiger charge is 2.25. The molecule has 2 fully saturated rings. The molecule has 0 unspecified atom stereocenters. The molecule has 2 heterocycles. The fraction of sp³-hybridized carbons (Fsp3) is 0.611. The van der Waals surface area contributed by atoms with Gasteiger partial charge in [0.15, 0.2) is 0 Å². The zero-order valence-corrected chi connectivity index (χ0v) is 15.4. The van der Waals surface area contributed by atoms with E-state index in [1.54, 1.807) is 28.6 Å². The highest BCUT2D eigenvalue weighted by atomic mass is 32.2. The molecular formula is C18H27N3O3S. The van der Waals surface area contributed by atoms with Crippen LogP contribution in [0.25, 0.3) is 0 Å². The molecule has 0 aliphatic carbocycles. The zero-order valence-electron chi connectivity index (χ0n) is 14.6. The molecule has 1 aromatic rings. The summed E-state index contributed by atoms with van der Waals surface area (Å²) >= 11 is 0. The number of hydrogen-bond donors (Lipinski definition) is 1. The number of amides is 1. The fourth-order valence-electron chi connectivity index (χ4n) is 3.49. The van der Waals surface area contributed by atoms with E-state index in [0.717, 1.165) is 45.2 Å². The van der Waals surface area contributed by atoms with Gasteiger partial charge in [0.2, 0.25) is 15.9 Å². The lowest BCUT2D eigenvalue weighted by Crippen LogP contribution is -2.36. The van der Waals surface area contributed by atoms with E-state index in [0.29, 0.717) is 30.2 Å². The summed E-state index contributed by atoms with van der Waals surface area (Å²) in [7, 11) is -3.42. The lowest BCUT2D eigenvalue weighted by Gasteiger charge is -2.26. The zero-order chi connectivity index (χ0) is 17.7. The number of carbonyl (C=O) groups is 1. The van der Waals surface area contributed by atoms with E-state index in [2.05, 4.69) is 10.2 Å². The molecule has 1 amide bonds. The summed E-state index contributed by atoms with van der Waals surface area (Å²) in [5.41, 5.74) is 0.639. The monoisotopic (exact) mass is 365 g/mol. The van der Waals surface area contributed by atoms with Gasteiger partial charge in [0, 0.05) is 18.8 Å². The number of carbonyl (C=O) groups excluding carboxylic acids is 1. The Bertz CT molecular complexity index is 676. The van der Waals surface area contributed by atoms with Crippen LogP contribution in [0.1, 0.15) is 38.5 Å². The van der Waals surface area contributed by atoms with Gasteiger partial charge in [-0.3, -0.25) is 9.69 Å². The van der Waals surface area contributed by atoms with Gasteiger partial charge in [0.25, 0.3) is 0 Å². The third-order valence-electron chi connectivity index (χ3n) is 4.91. The van der Waals surface area contributed by atoms with Crippen molar-refractivity contribution in [1.29, 1.82) is 0 Å². The molecule has 0 bridgehead atoms. The Kier molecular flexibility index (Phi) is 6.09. The summed E-state index contributed by atoms with van der Waals surface area (Å²) in [4.78, 5) is 14.6. The van der Waals surface area contributed by atoms with E-state index in [9.17, 15) is 13.2 Å². The van der Waals surface area contributed by atoms with E-state index in [1.807, 2.05) is 0 Å².